The molecule has 0 amide bonds. The fourth-order valence-electron chi connectivity index (χ4n) is 1.76. The highest BCUT2D eigenvalue weighted by molar-refractivity contribution is 6.08. The predicted octanol–water partition coefficient (Wildman–Crippen LogP) is 1.09. The van der Waals surface area contributed by atoms with Crippen LogP contribution in [0.15, 0.2) is 0 Å². The summed E-state index contributed by atoms with van der Waals surface area (Å²) >= 11 is 0. The highest BCUT2D eigenvalue weighted by Gasteiger charge is 2.55. The summed E-state index contributed by atoms with van der Waals surface area (Å²) in [7, 11) is 0. The lowest BCUT2D eigenvalue weighted by Gasteiger charge is -2.32. The maximum absolute atomic E-state index is 12.3. The molecule has 1 N–H and O–H groups in total. The van der Waals surface area contributed by atoms with E-state index in [-0.39, 0.29) is 13.2 Å². The minimum absolute atomic E-state index is 0.0169. The highest BCUT2D eigenvalue weighted by atomic mass is 16.6. The molecule has 20 heavy (non-hydrogen) atoms. The van der Waals surface area contributed by atoms with Gasteiger partial charge in [-0.05, 0) is 13.8 Å². The van der Waals surface area contributed by atoms with E-state index in [0.29, 0.717) is 0 Å². The number of Topliss-reactive ketones (excluding diaryl/α,β-unsaturated/α-hetero) is 1. The van der Waals surface area contributed by atoms with E-state index < -0.39 is 34.7 Å². The van der Waals surface area contributed by atoms with E-state index in [0.717, 1.165) is 0 Å². The molecule has 0 radical (unpaired) electrons. The molecular weight excluding hydrogens is 264 g/mol. The number of aliphatic hydroxyl groups is 1. The Labute approximate surface area is 119 Å². The third kappa shape index (κ3) is 3.79. The van der Waals surface area contributed by atoms with E-state index in [9.17, 15) is 19.5 Å². The van der Waals surface area contributed by atoms with Crippen LogP contribution in [0.2, 0.25) is 0 Å². The molecule has 0 saturated heterocycles. The number of carbonyl (C=O) groups excluding carboxylic acids is 3. The van der Waals surface area contributed by atoms with Gasteiger partial charge in [0.2, 0.25) is 0 Å². The van der Waals surface area contributed by atoms with Crippen LogP contribution in [0.25, 0.3) is 0 Å². The first-order valence-electron chi connectivity index (χ1n) is 6.64. The normalized spacial score (nSPS) is 13.6. The zero-order chi connectivity index (χ0) is 16.1. The monoisotopic (exact) mass is 288 g/mol. The molecule has 0 aliphatic carbocycles. The molecule has 0 rings (SSSR count). The van der Waals surface area contributed by atoms with Gasteiger partial charge in [-0.15, -0.1) is 0 Å². The summed E-state index contributed by atoms with van der Waals surface area (Å²) in [5.74, 6) is -4.02. The third-order valence-corrected chi connectivity index (χ3v) is 2.93. The zero-order valence-corrected chi connectivity index (χ0v) is 13.0. The Bertz CT molecular complexity index is 362. The number of rotatable bonds is 6. The van der Waals surface area contributed by atoms with E-state index in [1.165, 1.54) is 6.92 Å². The average molecular weight is 288 g/mol. The molecule has 1 atom stereocenters. The second-order valence-corrected chi connectivity index (χ2v) is 5.54. The Morgan fingerprint density at radius 1 is 1.00 bits per heavy atom. The molecule has 0 bridgehead atoms. The van der Waals surface area contributed by atoms with Crippen molar-refractivity contribution in [2.45, 2.75) is 47.1 Å². The number of carbonyl (C=O) groups is 3. The molecule has 6 nitrogen and oxygen atoms in total. The van der Waals surface area contributed by atoms with Gasteiger partial charge in [-0.2, -0.15) is 0 Å². The van der Waals surface area contributed by atoms with E-state index >= 15 is 0 Å². The standard InChI is InChI=1S/C14H24O6/c1-7-19-11(16)14(18,12(17)20-8-2)9(3)10(15)13(4,5)6/h9,18H,7-8H2,1-6H3. The Morgan fingerprint density at radius 2 is 1.35 bits per heavy atom. The Hall–Kier alpha value is -1.43. The molecular formula is C14H24O6. The predicted molar refractivity (Wildman–Crippen MR) is 71.8 cm³/mol. The number of hydrogen-bond acceptors (Lipinski definition) is 6. The molecule has 6 heteroatoms. The van der Waals surface area contributed by atoms with Gasteiger partial charge in [0.05, 0.1) is 19.1 Å². The van der Waals surface area contributed by atoms with Crippen LogP contribution in [0.1, 0.15) is 41.5 Å². The lowest BCUT2D eigenvalue weighted by molar-refractivity contribution is -0.191. The second kappa shape index (κ2) is 6.83. The first-order valence-corrected chi connectivity index (χ1v) is 6.64. The van der Waals surface area contributed by atoms with E-state index in [1.54, 1.807) is 34.6 Å². The summed E-state index contributed by atoms with van der Waals surface area (Å²) in [5, 5.41) is 10.4. The molecule has 0 aliphatic heterocycles. The zero-order valence-electron chi connectivity index (χ0n) is 13.0. The fraction of sp³-hybridized carbons (Fsp3) is 0.786. The summed E-state index contributed by atoms with van der Waals surface area (Å²) in [5.41, 5.74) is -3.43. The van der Waals surface area contributed by atoms with E-state index in [2.05, 4.69) is 0 Å². The summed E-state index contributed by atoms with van der Waals surface area (Å²) in [6.45, 7) is 9.29. The molecule has 1 unspecified atom stereocenters. The van der Waals surface area contributed by atoms with Crippen molar-refractivity contribution in [2.75, 3.05) is 13.2 Å². The first-order chi connectivity index (χ1) is 9.03. The summed E-state index contributed by atoms with van der Waals surface area (Å²) < 4.78 is 9.43. The van der Waals surface area contributed by atoms with Crippen molar-refractivity contribution >= 4 is 17.7 Å². The minimum Gasteiger partial charge on any atom is -0.463 e. The molecule has 0 aromatic rings. The largest absolute Gasteiger partial charge is 0.463 e. The topological polar surface area (TPSA) is 89.9 Å². The van der Waals surface area contributed by atoms with Gasteiger partial charge in [0, 0.05) is 5.41 Å². The van der Waals surface area contributed by atoms with Crippen LogP contribution in [-0.2, 0) is 23.9 Å². The molecule has 0 aromatic carbocycles. The molecule has 0 aliphatic rings. The number of hydrogen-bond donors (Lipinski definition) is 1. The van der Waals surface area contributed by atoms with Crippen molar-refractivity contribution in [3.05, 3.63) is 0 Å². The fourth-order valence-corrected chi connectivity index (χ4v) is 1.76. The smallest absolute Gasteiger partial charge is 0.350 e. The molecule has 116 valence electrons. The quantitative estimate of drug-likeness (QED) is 0.581. The van der Waals surface area contributed by atoms with Gasteiger partial charge in [-0.1, -0.05) is 27.7 Å². The van der Waals surface area contributed by atoms with Crippen molar-refractivity contribution in [3.8, 4) is 0 Å². The molecule has 0 fully saturated rings. The lowest BCUT2D eigenvalue weighted by atomic mass is 9.75. The summed E-state index contributed by atoms with van der Waals surface area (Å²) in [4.78, 5) is 36.1. The average Bonchev–Trinajstić information content (AvgIpc) is 2.35. The van der Waals surface area contributed by atoms with Gasteiger partial charge < -0.3 is 14.6 Å². The molecule has 0 aromatic heterocycles. The Kier molecular flexibility index (Phi) is 6.34. The van der Waals surface area contributed by atoms with Crippen LogP contribution in [-0.4, -0.2) is 41.6 Å². The maximum Gasteiger partial charge on any atom is 0.350 e. The molecule has 0 spiro atoms. The van der Waals surface area contributed by atoms with Crippen LogP contribution in [0.5, 0.6) is 0 Å². The van der Waals surface area contributed by atoms with Crippen molar-refractivity contribution in [1.82, 2.24) is 0 Å². The van der Waals surface area contributed by atoms with Crippen molar-refractivity contribution in [1.29, 1.82) is 0 Å². The van der Waals surface area contributed by atoms with Crippen molar-refractivity contribution < 1.29 is 29.0 Å². The summed E-state index contributed by atoms with van der Waals surface area (Å²) in [6, 6.07) is 0. The second-order valence-electron chi connectivity index (χ2n) is 5.54. The van der Waals surface area contributed by atoms with Gasteiger partial charge in [-0.25, -0.2) is 9.59 Å². The maximum atomic E-state index is 12.3. The van der Waals surface area contributed by atoms with E-state index in [1.807, 2.05) is 0 Å². The minimum atomic E-state index is -2.61. The van der Waals surface area contributed by atoms with Crippen LogP contribution < -0.4 is 0 Å². The molecule has 0 heterocycles. The van der Waals surface area contributed by atoms with Gasteiger partial charge in [0.15, 0.2) is 0 Å². The van der Waals surface area contributed by atoms with Crippen LogP contribution >= 0.6 is 0 Å². The first kappa shape index (κ1) is 18.6. The number of esters is 2. The van der Waals surface area contributed by atoms with Crippen LogP contribution in [0.3, 0.4) is 0 Å². The van der Waals surface area contributed by atoms with E-state index in [4.69, 9.17) is 9.47 Å². The van der Waals surface area contributed by atoms with Crippen LogP contribution in [0.4, 0.5) is 0 Å². The van der Waals surface area contributed by atoms with Gasteiger partial charge in [0.25, 0.3) is 5.60 Å². The Morgan fingerprint density at radius 3 is 1.60 bits per heavy atom. The number of ether oxygens (including phenoxy) is 2. The molecule has 0 saturated carbocycles. The Balaban J connectivity index is 5.59. The van der Waals surface area contributed by atoms with Crippen molar-refractivity contribution in [2.24, 2.45) is 11.3 Å². The SMILES string of the molecule is CCOC(=O)C(O)(C(=O)OCC)C(C)C(=O)C(C)(C)C. The highest BCUT2D eigenvalue weighted by Crippen LogP contribution is 2.29. The number of ketones is 1. The van der Waals surface area contributed by atoms with Gasteiger partial charge in [-0.3, -0.25) is 4.79 Å². The third-order valence-electron chi connectivity index (χ3n) is 2.93. The van der Waals surface area contributed by atoms with Crippen molar-refractivity contribution in [3.63, 3.8) is 0 Å². The lowest BCUT2D eigenvalue weighted by Crippen LogP contribution is -2.57. The van der Waals surface area contributed by atoms with Gasteiger partial charge >= 0.3 is 11.9 Å². The van der Waals surface area contributed by atoms with Crippen LogP contribution in [0, 0.1) is 11.3 Å². The van der Waals surface area contributed by atoms with Gasteiger partial charge in [0.1, 0.15) is 5.78 Å². The summed E-state index contributed by atoms with van der Waals surface area (Å²) in [6.07, 6.45) is 0.